The average molecular weight is 330 g/mol. The highest BCUT2D eigenvalue weighted by Crippen LogP contribution is 2.17. The summed E-state index contributed by atoms with van der Waals surface area (Å²) >= 11 is 0. The number of likely N-dealkylation sites (tertiary alicyclic amines) is 1. The third-order valence-electron chi connectivity index (χ3n) is 4.02. The Morgan fingerprint density at radius 1 is 1.45 bits per heavy atom. The second kappa shape index (κ2) is 7.06. The Morgan fingerprint density at radius 3 is 2.77 bits per heavy atom. The van der Waals surface area contributed by atoms with Gasteiger partial charge in [-0.15, -0.1) is 0 Å². The van der Waals surface area contributed by atoms with Crippen LogP contribution in [0.2, 0.25) is 0 Å². The number of sulfone groups is 1. The lowest BCUT2D eigenvalue weighted by atomic mass is 10.2. The maximum absolute atomic E-state index is 11.2. The molecule has 1 saturated heterocycles. The van der Waals surface area contributed by atoms with Crippen LogP contribution in [0.1, 0.15) is 37.9 Å². The zero-order valence-electron chi connectivity index (χ0n) is 13.8. The van der Waals surface area contributed by atoms with Gasteiger partial charge in [0.15, 0.2) is 5.82 Å². The lowest BCUT2D eigenvalue weighted by molar-refractivity contribution is 0.220. The highest BCUT2D eigenvalue weighted by atomic mass is 32.2. The molecule has 7 nitrogen and oxygen atoms in total. The van der Waals surface area contributed by atoms with Crippen molar-refractivity contribution in [3.8, 4) is 0 Å². The smallest absolute Gasteiger partial charge is 0.229 e. The van der Waals surface area contributed by atoms with Gasteiger partial charge in [0.05, 0.1) is 12.3 Å². The minimum Gasteiger partial charge on any atom is -0.339 e. The van der Waals surface area contributed by atoms with Crippen molar-refractivity contribution in [1.29, 1.82) is 0 Å². The summed E-state index contributed by atoms with van der Waals surface area (Å²) in [7, 11) is -0.839. The highest BCUT2D eigenvalue weighted by molar-refractivity contribution is 7.90. The normalized spacial score (nSPS) is 20.4. The molecule has 1 aromatic heterocycles. The van der Waals surface area contributed by atoms with E-state index in [2.05, 4.69) is 27.0 Å². The standard InChI is InChI=1S/C14H26N4O3S/c1-11(2)14-15-13(16-21-14)10-17(3)12-5-6-18(9-12)7-8-22(4,19)20/h11-12H,5-10H2,1-4H3/t12-/m0/s1. The zero-order chi connectivity index (χ0) is 16.3. The molecule has 0 radical (unpaired) electrons. The van der Waals surface area contributed by atoms with Crippen LogP contribution in [0.3, 0.4) is 0 Å². The zero-order valence-corrected chi connectivity index (χ0v) is 14.6. The van der Waals surface area contributed by atoms with E-state index in [0.717, 1.165) is 19.5 Å². The van der Waals surface area contributed by atoms with Gasteiger partial charge in [-0.25, -0.2) is 8.42 Å². The van der Waals surface area contributed by atoms with Crippen molar-refractivity contribution in [2.24, 2.45) is 0 Å². The van der Waals surface area contributed by atoms with Crippen LogP contribution in [0, 0.1) is 0 Å². The topological polar surface area (TPSA) is 79.5 Å². The third-order valence-corrected chi connectivity index (χ3v) is 4.94. The van der Waals surface area contributed by atoms with Gasteiger partial charge >= 0.3 is 0 Å². The summed E-state index contributed by atoms with van der Waals surface area (Å²) in [4.78, 5) is 8.82. The Hall–Kier alpha value is -0.990. The first kappa shape index (κ1) is 17.4. The molecule has 8 heteroatoms. The van der Waals surface area contributed by atoms with Crippen LogP contribution < -0.4 is 0 Å². The highest BCUT2D eigenvalue weighted by Gasteiger charge is 2.27. The lowest BCUT2D eigenvalue weighted by Gasteiger charge is -2.23. The van der Waals surface area contributed by atoms with Gasteiger partial charge in [0, 0.05) is 31.3 Å². The van der Waals surface area contributed by atoms with Gasteiger partial charge in [-0.2, -0.15) is 4.98 Å². The summed E-state index contributed by atoms with van der Waals surface area (Å²) in [5, 5.41) is 4.02. The van der Waals surface area contributed by atoms with Crippen LogP contribution >= 0.6 is 0 Å². The van der Waals surface area contributed by atoms with E-state index in [4.69, 9.17) is 4.52 Å². The molecule has 0 bridgehead atoms. The first-order valence-electron chi connectivity index (χ1n) is 7.67. The van der Waals surface area contributed by atoms with E-state index in [0.29, 0.717) is 30.8 Å². The number of likely N-dealkylation sites (N-methyl/N-ethyl adjacent to an activating group) is 1. The first-order valence-corrected chi connectivity index (χ1v) is 9.73. The molecular weight excluding hydrogens is 304 g/mol. The quantitative estimate of drug-likeness (QED) is 0.729. The minimum atomic E-state index is -2.89. The molecule has 1 aromatic rings. The fourth-order valence-corrected chi connectivity index (χ4v) is 3.18. The molecule has 2 heterocycles. The molecule has 1 atom stereocenters. The van der Waals surface area contributed by atoms with Gasteiger partial charge in [0.2, 0.25) is 5.89 Å². The number of rotatable bonds is 7. The summed E-state index contributed by atoms with van der Waals surface area (Å²) in [6.07, 6.45) is 2.32. The van der Waals surface area contributed by atoms with Crippen molar-refractivity contribution in [2.45, 2.75) is 38.8 Å². The summed E-state index contributed by atoms with van der Waals surface area (Å²) < 4.78 is 27.7. The van der Waals surface area contributed by atoms with Crippen molar-refractivity contribution in [3.05, 3.63) is 11.7 Å². The molecule has 1 aliphatic heterocycles. The van der Waals surface area contributed by atoms with E-state index in [9.17, 15) is 8.42 Å². The SMILES string of the molecule is CC(C)c1nc(CN(C)[C@H]2CCN(CCS(C)(=O)=O)C2)no1. The van der Waals surface area contributed by atoms with Crippen molar-refractivity contribution < 1.29 is 12.9 Å². The molecule has 0 amide bonds. The van der Waals surface area contributed by atoms with E-state index < -0.39 is 9.84 Å². The van der Waals surface area contributed by atoms with Crippen LogP contribution in [-0.4, -0.2) is 73.1 Å². The van der Waals surface area contributed by atoms with Crippen molar-refractivity contribution >= 4 is 9.84 Å². The third kappa shape index (κ3) is 5.03. The fourth-order valence-electron chi connectivity index (χ4n) is 2.59. The molecule has 0 aromatic carbocycles. The largest absolute Gasteiger partial charge is 0.339 e. The van der Waals surface area contributed by atoms with E-state index in [1.54, 1.807) is 0 Å². The van der Waals surface area contributed by atoms with E-state index in [1.165, 1.54) is 6.26 Å². The van der Waals surface area contributed by atoms with Crippen molar-refractivity contribution in [3.63, 3.8) is 0 Å². The van der Waals surface area contributed by atoms with Gasteiger partial charge in [-0.3, -0.25) is 4.90 Å². The Balaban J connectivity index is 1.82. The number of nitrogens with zero attached hydrogens (tertiary/aromatic N) is 4. The maximum Gasteiger partial charge on any atom is 0.229 e. The van der Waals surface area contributed by atoms with Crippen molar-refractivity contribution in [2.75, 3.05) is 38.7 Å². The van der Waals surface area contributed by atoms with Gasteiger partial charge in [0.1, 0.15) is 9.84 Å². The molecule has 1 fully saturated rings. The van der Waals surface area contributed by atoms with E-state index in [-0.39, 0.29) is 11.7 Å². The number of hydrogen-bond donors (Lipinski definition) is 0. The Bertz CT molecular complexity index is 585. The summed E-state index contributed by atoms with van der Waals surface area (Å²) in [5.74, 6) is 1.85. The van der Waals surface area contributed by atoms with Gasteiger partial charge < -0.3 is 9.42 Å². The van der Waals surface area contributed by atoms with Crippen LogP contribution in [0.5, 0.6) is 0 Å². The van der Waals surface area contributed by atoms with Crippen molar-refractivity contribution in [1.82, 2.24) is 19.9 Å². The predicted molar refractivity (Wildman–Crippen MR) is 84.4 cm³/mol. The molecule has 1 aliphatic rings. The first-order chi connectivity index (χ1) is 10.2. The molecule has 0 aliphatic carbocycles. The maximum atomic E-state index is 11.2. The molecule has 22 heavy (non-hydrogen) atoms. The summed E-state index contributed by atoms with van der Waals surface area (Å²) in [6.45, 7) is 7.15. The van der Waals surface area contributed by atoms with E-state index >= 15 is 0 Å². The predicted octanol–water partition coefficient (Wildman–Crippen LogP) is 0.744. The second-order valence-corrected chi connectivity index (χ2v) is 8.75. The molecule has 126 valence electrons. The molecule has 0 spiro atoms. The average Bonchev–Trinajstić information content (AvgIpc) is 3.04. The van der Waals surface area contributed by atoms with Crippen LogP contribution in [0.25, 0.3) is 0 Å². The van der Waals surface area contributed by atoms with Gasteiger partial charge in [-0.1, -0.05) is 19.0 Å². The molecule has 0 saturated carbocycles. The molecular formula is C14H26N4O3S. The van der Waals surface area contributed by atoms with Crippen LogP contribution in [-0.2, 0) is 16.4 Å². The Labute approximate surface area is 132 Å². The molecule has 0 unspecified atom stereocenters. The molecule has 0 N–H and O–H groups in total. The Morgan fingerprint density at radius 2 is 2.18 bits per heavy atom. The summed E-state index contributed by atoms with van der Waals surface area (Å²) in [5.41, 5.74) is 0. The van der Waals surface area contributed by atoms with E-state index in [1.807, 2.05) is 13.8 Å². The Kier molecular flexibility index (Phi) is 5.57. The fraction of sp³-hybridized carbons (Fsp3) is 0.857. The number of hydrogen-bond acceptors (Lipinski definition) is 7. The van der Waals surface area contributed by atoms with Crippen LogP contribution in [0.15, 0.2) is 4.52 Å². The summed E-state index contributed by atoms with van der Waals surface area (Å²) in [6, 6.07) is 0.403. The molecule has 2 rings (SSSR count). The van der Waals surface area contributed by atoms with Gasteiger partial charge in [0.25, 0.3) is 0 Å². The van der Waals surface area contributed by atoms with Crippen LogP contribution in [0.4, 0.5) is 0 Å². The van der Waals surface area contributed by atoms with Gasteiger partial charge in [-0.05, 0) is 20.0 Å². The lowest BCUT2D eigenvalue weighted by Crippen LogP contribution is -2.35. The number of aromatic nitrogens is 2. The monoisotopic (exact) mass is 330 g/mol. The second-order valence-electron chi connectivity index (χ2n) is 6.49. The minimum absolute atomic E-state index is 0.228.